The number of nitrogens with one attached hydrogen (secondary N) is 2. The minimum atomic E-state index is -0.291. The van der Waals surface area contributed by atoms with Crippen LogP contribution in [0.3, 0.4) is 0 Å². The molecule has 7 heteroatoms. The Labute approximate surface area is 166 Å². The Bertz CT molecular complexity index is 829. The third-order valence-corrected chi connectivity index (χ3v) is 5.69. The zero-order valence-electron chi connectivity index (χ0n) is 14.6. The third kappa shape index (κ3) is 5.47. The predicted molar refractivity (Wildman–Crippen MR) is 106 cm³/mol. The van der Waals surface area contributed by atoms with Gasteiger partial charge >= 0.3 is 0 Å². The molecular formula is C20H20ClFN2O2S. The summed E-state index contributed by atoms with van der Waals surface area (Å²) in [5.74, 6) is 0.310. The Morgan fingerprint density at radius 2 is 1.96 bits per heavy atom. The average Bonchev–Trinajstić information content (AvgIpc) is 2.66. The van der Waals surface area contributed by atoms with Gasteiger partial charge in [0, 0.05) is 34.2 Å². The first kappa shape index (κ1) is 19.7. The maximum atomic E-state index is 13.5. The molecule has 0 aliphatic carbocycles. The molecule has 1 heterocycles. The molecule has 0 bridgehead atoms. The Hall–Kier alpha value is -2.05. The first-order valence-corrected chi connectivity index (χ1v) is 10.1. The van der Waals surface area contributed by atoms with Crippen LogP contribution in [0.4, 0.5) is 4.39 Å². The highest BCUT2D eigenvalue weighted by molar-refractivity contribution is 7.99. The summed E-state index contributed by atoms with van der Waals surface area (Å²) >= 11 is 7.48. The molecule has 0 saturated heterocycles. The van der Waals surface area contributed by atoms with Crippen LogP contribution in [0, 0.1) is 5.82 Å². The van der Waals surface area contributed by atoms with Gasteiger partial charge < -0.3 is 10.6 Å². The van der Waals surface area contributed by atoms with Crippen molar-refractivity contribution in [1.29, 1.82) is 0 Å². The number of carbonyl (C=O) groups is 2. The van der Waals surface area contributed by atoms with Gasteiger partial charge in [-0.15, -0.1) is 11.8 Å². The number of benzene rings is 2. The van der Waals surface area contributed by atoms with Gasteiger partial charge in [0.15, 0.2) is 0 Å². The SMILES string of the molecule is O=C(CCCNC(=O)c1ccc(Cl)cc1)NC1CCSc2ccc(F)cc21. The largest absolute Gasteiger partial charge is 0.352 e. The molecule has 1 aliphatic heterocycles. The number of fused-ring (bicyclic) bond motifs is 1. The van der Waals surface area contributed by atoms with E-state index in [1.807, 2.05) is 0 Å². The van der Waals surface area contributed by atoms with Gasteiger partial charge in [-0.1, -0.05) is 11.6 Å². The van der Waals surface area contributed by atoms with E-state index in [1.165, 1.54) is 12.1 Å². The lowest BCUT2D eigenvalue weighted by molar-refractivity contribution is -0.122. The smallest absolute Gasteiger partial charge is 0.251 e. The monoisotopic (exact) mass is 406 g/mol. The van der Waals surface area contributed by atoms with E-state index >= 15 is 0 Å². The van der Waals surface area contributed by atoms with Crippen molar-refractivity contribution in [1.82, 2.24) is 10.6 Å². The van der Waals surface area contributed by atoms with Crippen LogP contribution in [0.25, 0.3) is 0 Å². The summed E-state index contributed by atoms with van der Waals surface area (Å²) in [6, 6.07) is 11.2. The minimum Gasteiger partial charge on any atom is -0.352 e. The molecule has 2 N–H and O–H groups in total. The fourth-order valence-electron chi connectivity index (χ4n) is 2.94. The quantitative estimate of drug-likeness (QED) is 0.701. The Morgan fingerprint density at radius 1 is 1.19 bits per heavy atom. The molecule has 2 aromatic rings. The van der Waals surface area contributed by atoms with Crippen LogP contribution in [-0.4, -0.2) is 24.1 Å². The van der Waals surface area contributed by atoms with Gasteiger partial charge in [0.25, 0.3) is 5.91 Å². The van der Waals surface area contributed by atoms with Crippen molar-refractivity contribution >= 4 is 35.2 Å². The zero-order valence-corrected chi connectivity index (χ0v) is 16.2. The molecule has 0 aromatic heterocycles. The standard InChI is InChI=1S/C20H20ClFN2O2S/c21-14-5-3-13(4-6-14)20(26)23-10-1-2-19(25)24-17-9-11-27-18-8-7-15(22)12-16(17)18/h3-8,12,17H,1-2,9-11H2,(H,23,26)(H,24,25). The molecule has 2 amide bonds. The van der Waals surface area contributed by atoms with Crippen molar-refractivity contribution in [3.63, 3.8) is 0 Å². The van der Waals surface area contributed by atoms with Crippen LogP contribution in [0.1, 0.15) is 41.2 Å². The van der Waals surface area contributed by atoms with Crippen LogP contribution >= 0.6 is 23.4 Å². The van der Waals surface area contributed by atoms with E-state index in [-0.39, 0.29) is 23.7 Å². The molecule has 0 saturated carbocycles. The summed E-state index contributed by atoms with van der Waals surface area (Å²) in [6.07, 6.45) is 1.61. The van der Waals surface area contributed by atoms with Gasteiger partial charge in [-0.3, -0.25) is 9.59 Å². The number of hydrogen-bond donors (Lipinski definition) is 2. The van der Waals surface area contributed by atoms with Crippen molar-refractivity contribution in [3.05, 3.63) is 64.4 Å². The second-order valence-corrected chi connectivity index (χ2v) is 7.88. The molecule has 0 spiro atoms. The number of thioether (sulfide) groups is 1. The van der Waals surface area contributed by atoms with Gasteiger partial charge in [-0.2, -0.15) is 0 Å². The second-order valence-electron chi connectivity index (χ2n) is 6.31. The Balaban J connectivity index is 1.44. The fourth-order valence-corrected chi connectivity index (χ4v) is 4.17. The molecule has 4 nitrogen and oxygen atoms in total. The molecule has 2 aromatic carbocycles. The number of halogens is 2. The molecule has 142 valence electrons. The number of hydrogen-bond acceptors (Lipinski definition) is 3. The average molecular weight is 407 g/mol. The van der Waals surface area contributed by atoms with Gasteiger partial charge in [0.05, 0.1) is 6.04 Å². The summed E-state index contributed by atoms with van der Waals surface area (Å²) in [7, 11) is 0. The summed E-state index contributed by atoms with van der Waals surface area (Å²) in [6.45, 7) is 0.403. The van der Waals surface area contributed by atoms with Gasteiger partial charge in [-0.25, -0.2) is 4.39 Å². The van der Waals surface area contributed by atoms with Gasteiger partial charge in [-0.05, 0) is 60.9 Å². The number of carbonyl (C=O) groups excluding carboxylic acids is 2. The second kappa shape index (κ2) is 9.24. The number of amides is 2. The van der Waals surface area contributed by atoms with Crippen molar-refractivity contribution < 1.29 is 14.0 Å². The predicted octanol–water partition coefficient (Wildman–Crippen LogP) is 4.34. The molecule has 27 heavy (non-hydrogen) atoms. The highest BCUT2D eigenvalue weighted by Gasteiger charge is 2.22. The third-order valence-electron chi connectivity index (χ3n) is 4.32. The maximum absolute atomic E-state index is 13.5. The van der Waals surface area contributed by atoms with Crippen LogP contribution in [-0.2, 0) is 4.79 Å². The molecule has 1 atom stereocenters. The Kier molecular flexibility index (Phi) is 6.74. The lowest BCUT2D eigenvalue weighted by Crippen LogP contribution is -2.31. The van der Waals surface area contributed by atoms with Crippen molar-refractivity contribution in [2.45, 2.75) is 30.2 Å². The Morgan fingerprint density at radius 3 is 2.74 bits per heavy atom. The van der Waals surface area contributed by atoms with Crippen LogP contribution in [0.2, 0.25) is 5.02 Å². The van der Waals surface area contributed by atoms with Crippen LogP contribution in [0.5, 0.6) is 0 Å². The van der Waals surface area contributed by atoms with E-state index in [2.05, 4.69) is 10.6 Å². The highest BCUT2D eigenvalue weighted by atomic mass is 35.5. The summed E-state index contributed by atoms with van der Waals surface area (Å²) in [5, 5.41) is 6.34. The summed E-state index contributed by atoms with van der Waals surface area (Å²) < 4.78 is 13.5. The molecule has 1 aliphatic rings. The number of rotatable bonds is 6. The van der Waals surface area contributed by atoms with Gasteiger partial charge in [0.2, 0.25) is 5.91 Å². The lowest BCUT2D eigenvalue weighted by Gasteiger charge is -2.26. The van der Waals surface area contributed by atoms with Crippen LogP contribution in [0.15, 0.2) is 47.4 Å². The maximum Gasteiger partial charge on any atom is 0.251 e. The topological polar surface area (TPSA) is 58.2 Å². The van der Waals surface area contributed by atoms with Crippen molar-refractivity contribution in [3.8, 4) is 0 Å². The summed E-state index contributed by atoms with van der Waals surface area (Å²) in [5.41, 5.74) is 1.37. The lowest BCUT2D eigenvalue weighted by atomic mass is 10.0. The van der Waals surface area contributed by atoms with Crippen LogP contribution < -0.4 is 10.6 Å². The molecule has 0 fully saturated rings. The van der Waals surface area contributed by atoms with E-state index in [4.69, 9.17) is 11.6 Å². The fraction of sp³-hybridized carbons (Fsp3) is 0.300. The highest BCUT2D eigenvalue weighted by Crippen LogP contribution is 2.36. The summed E-state index contributed by atoms with van der Waals surface area (Å²) in [4.78, 5) is 25.2. The molecular weight excluding hydrogens is 387 g/mol. The van der Waals surface area contributed by atoms with Gasteiger partial charge in [0.1, 0.15) is 5.82 Å². The van der Waals surface area contributed by atoms with E-state index in [9.17, 15) is 14.0 Å². The van der Waals surface area contributed by atoms with Crippen molar-refractivity contribution in [2.24, 2.45) is 0 Å². The normalized spacial score (nSPS) is 15.7. The first-order chi connectivity index (χ1) is 13.0. The van der Waals surface area contributed by atoms with Crippen molar-refractivity contribution in [2.75, 3.05) is 12.3 Å². The van der Waals surface area contributed by atoms with E-state index in [1.54, 1.807) is 42.1 Å². The molecule has 3 rings (SSSR count). The van der Waals surface area contributed by atoms with E-state index in [0.717, 1.165) is 22.6 Å². The first-order valence-electron chi connectivity index (χ1n) is 8.78. The molecule has 0 radical (unpaired) electrons. The molecule has 1 unspecified atom stereocenters. The van der Waals surface area contributed by atoms with E-state index < -0.39 is 0 Å². The zero-order chi connectivity index (χ0) is 19.2. The van der Waals surface area contributed by atoms with E-state index in [0.29, 0.717) is 30.0 Å². The minimum absolute atomic E-state index is 0.0946.